The van der Waals surface area contributed by atoms with Crippen LogP contribution >= 0.6 is 0 Å². The summed E-state index contributed by atoms with van der Waals surface area (Å²) in [7, 11) is 0. The quantitative estimate of drug-likeness (QED) is 0.730. The number of nitrogens with zero attached hydrogens (tertiary/aromatic N) is 2. The summed E-state index contributed by atoms with van der Waals surface area (Å²) in [5, 5.41) is 0. The number of ether oxygens (including phenoxy) is 1. The van der Waals surface area contributed by atoms with Gasteiger partial charge in [0.25, 0.3) is 5.91 Å². The van der Waals surface area contributed by atoms with Gasteiger partial charge in [-0.25, -0.2) is 4.39 Å². The maximum Gasteiger partial charge on any atom is 0.260 e. The Labute approximate surface area is 182 Å². The number of hydrogen-bond acceptors (Lipinski definition) is 3. The van der Waals surface area contributed by atoms with Gasteiger partial charge in [-0.1, -0.05) is 32.0 Å². The molecule has 0 unspecified atom stereocenters. The van der Waals surface area contributed by atoms with Gasteiger partial charge in [0.05, 0.1) is 6.04 Å². The van der Waals surface area contributed by atoms with Gasteiger partial charge in [-0.05, 0) is 60.2 Å². The second-order valence-electron chi connectivity index (χ2n) is 8.63. The zero-order valence-corrected chi connectivity index (χ0v) is 18.1. The Hall–Kier alpha value is -2.89. The van der Waals surface area contributed by atoms with Crippen LogP contribution < -0.4 is 4.74 Å². The molecule has 2 heterocycles. The predicted molar refractivity (Wildman–Crippen MR) is 116 cm³/mol. The van der Waals surface area contributed by atoms with Gasteiger partial charge < -0.3 is 14.5 Å². The second-order valence-corrected chi connectivity index (χ2v) is 8.63. The number of carbonyl (C=O) groups excluding carboxylic acids is 2. The third-order valence-corrected chi connectivity index (χ3v) is 6.13. The van der Waals surface area contributed by atoms with Gasteiger partial charge in [-0.3, -0.25) is 9.59 Å². The molecule has 31 heavy (non-hydrogen) atoms. The first kappa shape index (κ1) is 21.3. The minimum atomic E-state index is -0.308. The highest BCUT2D eigenvalue weighted by Crippen LogP contribution is 2.38. The smallest absolute Gasteiger partial charge is 0.260 e. The lowest BCUT2D eigenvalue weighted by atomic mass is 9.87. The molecule has 1 fully saturated rings. The molecule has 0 spiro atoms. The molecule has 2 aromatic rings. The highest BCUT2D eigenvalue weighted by Gasteiger charge is 2.33. The molecule has 0 aromatic heterocycles. The normalized spacial score (nSPS) is 18.3. The fourth-order valence-electron chi connectivity index (χ4n) is 4.46. The average molecular weight is 425 g/mol. The van der Waals surface area contributed by atoms with E-state index in [-0.39, 0.29) is 36.2 Å². The zero-order valence-electron chi connectivity index (χ0n) is 18.1. The van der Waals surface area contributed by atoms with Gasteiger partial charge in [0.15, 0.2) is 6.61 Å². The Morgan fingerprint density at radius 1 is 1.06 bits per heavy atom. The van der Waals surface area contributed by atoms with Crippen molar-refractivity contribution >= 4 is 11.8 Å². The third-order valence-electron chi connectivity index (χ3n) is 6.13. The van der Waals surface area contributed by atoms with E-state index in [4.69, 9.17) is 4.74 Å². The van der Waals surface area contributed by atoms with Crippen molar-refractivity contribution in [2.75, 3.05) is 26.2 Å². The first-order valence-electron chi connectivity index (χ1n) is 11.0. The second kappa shape index (κ2) is 9.08. The Morgan fingerprint density at radius 3 is 2.45 bits per heavy atom. The molecule has 2 amide bonds. The average Bonchev–Trinajstić information content (AvgIpc) is 3.32. The predicted octanol–water partition coefficient (Wildman–Crippen LogP) is 3.96. The van der Waals surface area contributed by atoms with Crippen LogP contribution in [0.2, 0.25) is 0 Å². The van der Waals surface area contributed by atoms with Crippen molar-refractivity contribution in [1.82, 2.24) is 9.80 Å². The molecule has 1 atom stereocenters. The topological polar surface area (TPSA) is 49.9 Å². The Morgan fingerprint density at radius 2 is 1.77 bits per heavy atom. The summed E-state index contributed by atoms with van der Waals surface area (Å²) >= 11 is 0. The monoisotopic (exact) mass is 424 g/mol. The van der Waals surface area contributed by atoms with Crippen LogP contribution in [0.25, 0.3) is 0 Å². The third kappa shape index (κ3) is 4.58. The van der Waals surface area contributed by atoms with Gasteiger partial charge in [0.2, 0.25) is 5.91 Å². The number of carbonyl (C=O) groups is 2. The first-order valence-corrected chi connectivity index (χ1v) is 11.0. The van der Waals surface area contributed by atoms with Crippen LogP contribution in [0.3, 0.4) is 0 Å². The lowest BCUT2D eigenvalue weighted by Crippen LogP contribution is -2.42. The zero-order chi connectivity index (χ0) is 22.0. The maximum atomic E-state index is 13.6. The summed E-state index contributed by atoms with van der Waals surface area (Å²) in [6, 6.07) is 11.8. The number of fused-ring (bicyclic) bond motifs is 1. The molecule has 2 aliphatic heterocycles. The van der Waals surface area contributed by atoms with E-state index in [0.29, 0.717) is 12.3 Å². The van der Waals surface area contributed by atoms with E-state index in [2.05, 4.69) is 0 Å². The minimum Gasteiger partial charge on any atom is -0.484 e. The van der Waals surface area contributed by atoms with E-state index in [1.165, 1.54) is 12.1 Å². The van der Waals surface area contributed by atoms with E-state index in [1.54, 1.807) is 12.1 Å². The van der Waals surface area contributed by atoms with Crippen LogP contribution in [0.5, 0.6) is 5.75 Å². The van der Waals surface area contributed by atoms with Crippen molar-refractivity contribution in [3.05, 3.63) is 65.0 Å². The van der Waals surface area contributed by atoms with Gasteiger partial charge in [-0.2, -0.15) is 0 Å². The highest BCUT2D eigenvalue weighted by atomic mass is 19.1. The van der Waals surface area contributed by atoms with E-state index in [1.807, 2.05) is 41.8 Å². The molecule has 0 aliphatic carbocycles. The van der Waals surface area contributed by atoms with E-state index in [9.17, 15) is 14.0 Å². The van der Waals surface area contributed by atoms with Crippen molar-refractivity contribution in [2.24, 2.45) is 5.92 Å². The van der Waals surface area contributed by atoms with Gasteiger partial charge in [0.1, 0.15) is 11.6 Å². The molecule has 0 bridgehead atoms. The van der Waals surface area contributed by atoms with Crippen LogP contribution in [-0.4, -0.2) is 47.9 Å². The Bertz CT molecular complexity index is 952. The maximum absolute atomic E-state index is 13.6. The summed E-state index contributed by atoms with van der Waals surface area (Å²) < 4.78 is 19.4. The summed E-state index contributed by atoms with van der Waals surface area (Å²) in [6.07, 6.45) is 2.84. The molecule has 0 saturated carbocycles. The van der Waals surface area contributed by atoms with Crippen molar-refractivity contribution in [1.29, 1.82) is 0 Å². The van der Waals surface area contributed by atoms with Crippen LogP contribution in [0.15, 0.2) is 42.5 Å². The molecule has 0 N–H and O–H groups in total. The van der Waals surface area contributed by atoms with Gasteiger partial charge in [-0.15, -0.1) is 0 Å². The molecule has 2 aromatic carbocycles. The summed E-state index contributed by atoms with van der Waals surface area (Å²) in [6.45, 7) is 6.00. The van der Waals surface area contributed by atoms with Crippen molar-refractivity contribution < 1.29 is 18.7 Å². The lowest BCUT2D eigenvalue weighted by Gasteiger charge is -2.39. The number of rotatable bonds is 5. The summed E-state index contributed by atoms with van der Waals surface area (Å²) in [4.78, 5) is 29.0. The fraction of sp³-hybridized carbons (Fsp3) is 0.440. The lowest BCUT2D eigenvalue weighted by molar-refractivity contribution is -0.136. The molecule has 2 aliphatic rings. The molecule has 5 nitrogen and oxygen atoms in total. The molecular weight excluding hydrogens is 395 g/mol. The number of halogens is 1. The Kier molecular flexibility index (Phi) is 6.25. The molecular formula is C25H29FN2O3. The van der Waals surface area contributed by atoms with E-state index < -0.39 is 0 Å². The van der Waals surface area contributed by atoms with Crippen molar-refractivity contribution in [3.8, 4) is 5.75 Å². The number of amides is 2. The van der Waals surface area contributed by atoms with Gasteiger partial charge in [0, 0.05) is 25.6 Å². The van der Waals surface area contributed by atoms with Crippen molar-refractivity contribution in [3.63, 3.8) is 0 Å². The molecule has 4 rings (SSSR count). The molecule has 164 valence electrons. The van der Waals surface area contributed by atoms with Gasteiger partial charge >= 0.3 is 0 Å². The first-order chi connectivity index (χ1) is 14.9. The highest BCUT2D eigenvalue weighted by molar-refractivity contribution is 5.80. The molecule has 0 radical (unpaired) electrons. The number of benzene rings is 2. The number of hydrogen-bond donors (Lipinski definition) is 0. The SMILES string of the molecule is CC(C)C(=O)N1CCc2ccc(OCC(=O)N3CCCC3)cc2[C@H]1c1ccc(F)cc1. The van der Waals surface area contributed by atoms with Crippen LogP contribution in [-0.2, 0) is 16.0 Å². The van der Waals surface area contributed by atoms with Crippen LogP contribution in [0.4, 0.5) is 4.39 Å². The molecule has 1 saturated heterocycles. The van der Waals surface area contributed by atoms with E-state index >= 15 is 0 Å². The largest absolute Gasteiger partial charge is 0.484 e. The summed E-state index contributed by atoms with van der Waals surface area (Å²) in [5.74, 6) is 0.232. The van der Waals surface area contributed by atoms with Crippen LogP contribution in [0.1, 0.15) is 49.4 Å². The van der Waals surface area contributed by atoms with Crippen molar-refractivity contribution in [2.45, 2.75) is 39.2 Å². The Balaban J connectivity index is 1.63. The van der Waals surface area contributed by atoms with Crippen LogP contribution in [0, 0.1) is 11.7 Å². The number of likely N-dealkylation sites (tertiary alicyclic amines) is 1. The molecule has 6 heteroatoms. The summed E-state index contributed by atoms with van der Waals surface area (Å²) in [5.41, 5.74) is 2.97. The fourth-order valence-corrected chi connectivity index (χ4v) is 4.46. The standard InChI is InChI=1S/C25H29FN2O3/c1-17(2)25(30)28-14-11-18-7-10-21(31-16-23(29)27-12-3-4-13-27)15-22(18)24(28)19-5-8-20(26)9-6-19/h5-10,15,17,24H,3-4,11-14,16H2,1-2H3/t24-/m1/s1. The van der Waals surface area contributed by atoms with E-state index in [0.717, 1.165) is 49.0 Å². The minimum absolute atomic E-state index is 0.00178.